The molecule has 0 fully saturated rings. The SMILES string of the molecule is CN(Cc1cc(Br)cs1)c1ccc([N+](=O)[O-])c(C=O)c1. The summed E-state index contributed by atoms with van der Waals surface area (Å²) in [5.74, 6) is 0. The van der Waals surface area contributed by atoms with Crippen LogP contribution >= 0.6 is 27.3 Å². The maximum Gasteiger partial charge on any atom is 0.280 e. The zero-order chi connectivity index (χ0) is 14.7. The van der Waals surface area contributed by atoms with Crippen LogP contribution in [-0.2, 0) is 6.54 Å². The Labute approximate surface area is 128 Å². The number of nitro groups is 1. The number of nitro benzene ring substituents is 1. The molecule has 0 aliphatic rings. The Bertz CT molecular complexity index is 657. The maximum atomic E-state index is 10.9. The van der Waals surface area contributed by atoms with Crippen molar-refractivity contribution in [3.8, 4) is 0 Å². The van der Waals surface area contributed by atoms with Crippen LogP contribution in [-0.4, -0.2) is 18.3 Å². The summed E-state index contributed by atoms with van der Waals surface area (Å²) in [6.07, 6.45) is 0.511. The van der Waals surface area contributed by atoms with Crippen LogP contribution in [0.4, 0.5) is 11.4 Å². The molecule has 1 aromatic heterocycles. The highest BCUT2D eigenvalue weighted by atomic mass is 79.9. The van der Waals surface area contributed by atoms with Crippen molar-refractivity contribution in [3.63, 3.8) is 0 Å². The molecule has 1 heterocycles. The summed E-state index contributed by atoms with van der Waals surface area (Å²) < 4.78 is 1.03. The Morgan fingerprint density at radius 1 is 1.45 bits per heavy atom. The van der Waals surface area contributed by atoms with E-state index in [2.05, 4.69) is 15.9 Å². The van der Waals surface area contributed by atoms with Crippen LogP contribution in [0, 0.1) is 10.1 Å². The third kappa shape index (κ3) is 3.23. The largest absolute Gasteiger partial charge is 0.369 e. The molecule has 20 heavy (non-hydrogen) atoms. The molecule has 7 heteroatoms. The summed E-state index contributed by atoms with van der Waals surface area (Å²) in [6.45, 7) is 0.673. The van der Waals surface area contributed by atoms with Gasteiger partial charge >= 0.3 is 0 Å². The summed E-state index contributed by atoms with van der Waals surface area (Å²) in [4.78, 5) is 24.3. The fourth-order valence-electron chi connectivity index (χ4n) is 1.80. The van der Waals surface area contributed by atoms with Gasteiger partial charge in [-0.25, -0.2) is 0 Å². The highest BCUT2D eigenvalue weighted by Gasteiger charge is 2.15. The third-order valence-corrected chi connectivity index (χ3v) is 4.47. The van der Waals surface area contributed by atoms with Crippen LogP contribution in [0.2, 0.25) is 0 Å². The second kappa shape index (κ2) is 6.15. The zero-order valence-electron chi connectivity index (χ0n) is 10.6. The number of carbonyl (C=O) groups is 1. The van der Waals surface area contributed by atoms with Gasteiger partial charge in [0.1, 0.15) is 0 Å². The Morgan fingerprint density at radius 2 is 2.20 bits per heavy atom. The van der Waals surface area contributed by atoms with Crippen LogP contribution in [0.3, 0.4) is 0 Å². The molecule has 2 aromatic rings. The molecule has 5 nitrogen and oxygen atoms in total. The minimum Gasteiger partial charge on any atom is -0.369 e. The number of benzene rings is 1. The first-order chi connectivity index (χ1) is 9.51. The number of carbonyl (C=O) groups excluding carboxylic acids is 1. The number of hydrogen-bond donors (Lipinski definition) is 0. The fraction of sp³-hybridized carbons (Fsp3) is 0.154. The molecule has 0 unspecified atom stereocenters. The van der Waals surface area contributed by atoms with Gasteiger partial charge in [-0.15, -0.1) is 11.3 Å². The lowest BCUT2D eigenvalue weighted by atomic mass is 10.1. The van der Waals surface area contributed by atoms with Crippen molar-refractivity contribution < 1.29 is 9.72 Å². The topological polar surface area (TPSA) is 63.4 Å². The average molecular weight is 355 g/mol. The first-order valence-corrected chi connectivity index (χ1v) is 7.36. The molecule has 0 aliphatic carbocycles. The summed E-state index contributed by atoms with van der Waals surface area (Å²) in [5, 5.41) is 12.8. The van der Waals surface area contributed by atoms with E-state index in [-0.39, 0.29) is 11.3 Å². The number of rotatable bonds is 5. The van der Waals surface area contributed by atoms with Gasteiger partial charge < -0.3 is 4.90 Å². The summed E-state index contributed by atoms with van der Waals surface area (Å²) in [6, 6.07) is 6.56. The minimum absolute atomic E-state index is 0.0895. The van der Waals surface area contributed by atoms with E-state index in [1.54, 1.807) is 17.4 Å². The Hall–Kier alpha value is -1.73. The lowest BCUT2D eigenvalue weighted by molar-refractivity contribution is -0.385. The third-order valence-electron chi connectivity index (χ3n) is 2.79. The van der Waals surface area contributed by atoms with Crippen LogP contribution in [0.15, 0.2) is 34.1 Å². The van der Waals surface area contributed by atoms with Gasteiger partial charge in [-0.3, -0.25) is 14.9 Å². The Balaban J connectivity index is 2.24. The van der Waals surface area contributed by atoms with Gasteiger partial charge in [-0.1, -0.05) is 0 Å². The van der Waals surface area contributed by atoms with Crippen LogP contribution < -0.4 is 4.90 Å². The van der Waals surface area contributed by atoms with Crippen LogP contribution in [0.5, 0.6) is 0 Å². The van der Waals surface area contributed by atoms with E-state index < -0.39 is 4.92 Å². The first-order valence-electron chi connectivity index (χ1n) is 5.69. The molecule has 0 saturated carbocycles. The number of anilines is 1. The highest BCUT2D eigenvalue weighted by Crippen LogP contribution is 2.26. The Kier molecular flexibility index (Phi) is 4.51. The predicted molar refractivity (Wildman–Crippen MR) is 82.6 cm³/mol. The molecule has 2 rings (SSSR count). The molecule has 0 aliphatic heterocycles. The van der Waals surface area contributed by atoms with Crippen molar-refractivity contribution in [2.45, 2.75) is 6.54 Å². The molecule has 0 N–H and O–H groups in total. The Morgan fingerprint density at radius 3 is 2.75 bits per heavy atom. The zero-order valence-corrected chi connectivity index (χ0v) is 13.0. The van der Waals surface area contributed by atoms with Gasteiger partial charge in [-0.05, 0) is 34.1 Å². The molecule has 1 aromatic carbocycles. The van der Waals surface area contributed by atoms with E-state index >= 15 is 0 Å². The summed E-state index contributed by atoms with van der Waals surface area (Å²) >= 11 is 5.02. The monoisotopic (exact) mass is 354 g/mol. The van der Waals surface area contributed by atoms with Crippen LogP contribution in [0.25, 0.3) is 0 Å². The van der Waals surface area contributed by atoms with E-state index in [9.17, 15) is 14.9 Å². The number of thiophene rings is 1. The van der Waals surface area contributed by atoms with Gasteiger partial charge in [0.15, 0.2) is 6.29 Å². The number of hydrogen-bond acceptors (Lipinski definition) is 5. The molecule has 0 amide bonds. The standard InChI is InChI=1S/C13H11BrN2O3S/c1-15(6-12-5-10(14)8-20-12)11-2-3-13(16(18)19)9(4-11)7-17/h2-5,7-8H,6H2,1H3. The van der Waals surface area contributed by atoms with Gasteiger partial charge in [0.2, 0.25) is 0 Å². The predicted octanol–water partition coefficient (Wildman–Crippen LogP) is 3.87. The van der Waals surface area contributed by atoms with Gasteiger partial charge in [0.25, 0.3) is 5.69 Å². The van der Waals surface area contributed by atoms with Crippen molar-refractivity contribution >= 4 is 44.9 Å². The minimum atomic E-state index is -0.552. The van der Waals surface area contributed by atoms with E-state index in [4.69, 9.17) is 0 Å². The van der Waals surface area contributed by atoms with E-state index in [0.29, 0.717) is 12.8 Å². The van der Waals surface area contributed by atoms with Gasteiger partial charge in [-0.2, -0.15) is 0 Å². The van der Waals surface area contributed by atoms with Crippen molar-refractivity contribution in [3.05, 3.63) is 54.7 Å². The van der Waals surface area contributed by atoms with E-state index in [1.165, 1.54) is 12.1 Å². The number of halogens is 1. The molecular formula is C13H11BrN2O3S. The smallest absolute Gasteiger partial charge is 0.280 e. The molecule has 0 radical (unpaired) electrons. The lowest BCUT2D eigenvalue weighted by Gasteiger charge is -2.18. The molecular weight excluding hydrogens is 344 g/mol. The second-order valence-electron chi connectivity index (χ2n) is 4.21. The summed E-state index contributed by atoms with van der Waals surface area (Å²) in [7, 11) is 1.88. The van der Waals surface area contributed by atoms with Gasteiger partial charge in [0.05, 0.1) is 17.0 Å². The number of nitrogens with zero attached hydrogens (tertiary/aromatic N) is 2. The highest BCUT2D eigenvalue weighted by molar-refractivity contribution is 9.10. The van der Waals surface area contributed by atoms with Gasteiger partial charge in [0, 0.05) is 33.5 Å². The summed E-state index contributed by atoms with van der Waals surface area (Å²) in [5.41, 5.74) is 0.685. The molecule has 0 atom stereocenters. The molecule has 0 bridgehead atoms. The average Bonchev–Trinajstić information content (AvgIpc) is 2.83. The van der Waals surface area contributed by atoms with Crippen molar-refractivity contribution in [1.29, 1.82) is 0 Å². The molecule has 0 spiro atoms. The first kappa shape index (κ1) is 14.7. The van der Waals surface area contributed by atoms with Crippen LogP contribution in [0.1, 0.15) is 15.2 Å². The van der Waals surface area contributed by atoms with E-state index in [1.807, 2.05) is 23.4 Å². The quantitative estimate of drug-likeness (QED) is 0.464. The molecule has 0 saturated heterocycles. The van der Waals surface area contributed by atoms with E-state index in [0.717, 1.165) is 15.0 Å². The maximum absolute atomic E-state index is 10.9. The normalized spacial score (nSPS) is 10.3. The second-order valence-corrected chi connectivity index (χ2v) is 6.12. The lowest BCUT2D eigenvalue weighted by Crippen LogP contribution is -2.15. The van der Waals surface area contributed by atoms with Crippen molar-refractivity contribution in [2.75, 3.05) is 11.9 Å². The number of aldehydes is 1. The fourth-order valence-corrected chi connectivity index (χ4v) is 3.31. The van der Waals surface area contributed by atoms with Crippen molar-refractivity contribution in [1.82, 2.24) is 0 Å². The van der Waals surface area contributed by atoms with Crippen molar-refractivity contribution in [2.24, 2.45) is 0 Å². The molecule has 104 valence electrons.